The first-order valence-electron chi connectivity index (χ1n) is 7.10. The van der Waals surface area contributed by atoms with Gasteiger partial charge in [-0.3, -0.25) is 0 Å². The first kappa shape index (κ1) is 20.3. The highest BCUT2D eigenvalue weighted by atomic mass is 35.5. The maximum atomic E-state index is 12.8. The Morgan fingerprint density at radius 2 is 2.04 bits per heavy atom. The number of rotatable bonds is 1. The Labute approximate surface area is 145 Å². The molecule has 3 heterocycles. The monoisotopic (exact) mass is 373 g/mol. The van der Waals surface area contributed by atoms with Gasteiger partial charge in [0, 0.05) is 31.7 Å². The normalized spacial score (nSPS) is 27.5. The molecule has 4 nitrogen and oxygen atoms in total. The average Bonchev–Trinajstić information content (AvgIpc) is 2.45. The van der Waals surface area contributed by atoms with E-state index in [1.54, 1.807) is 0 Å². The van der Waals surface area contributed by atoms with Crippen molar-refractivity contribution in [3.8, 4) is 0 Å². The van der Waals surface area contributed by atoms with E-state index < -0.39 is 17.3 Å². The molecular weight excluding hydrogens is 354 g/mol. The highest BCUT2D eigenvalue weighted by Gasteiger charge is 2.43. The van der Waals surface area contributed by atoms with E-state index in [0.717, 1.165) is 18.7 Å². The number of halogens is 5. The molecule has 0 bridgehead atoms. The van der Waals surface area contributed by atoms with E-state index >= 15 is 0 Å². The van der Waals surface area contributed by atoms with Crippen LogP contribution in [0.2, 0.25) is 0 Å². The van der Waals surface area contributed by atoms with Gasteiger partial charge in [0.25, 0.3) is 0 Å². The van der Waals surface area contributed by atoms with Crippen molar-refractivity contribution >= 4 is 30.6 Å². The summed E-state index contributed by atoms with van der Waals surface area (Å²) in [5.41, 5.74) is -1.38. The SMILES string of the molecule is Cl.Cl.O[C@]12CCNC[C@H]1CN(c1cc(C(F)(F)F)ccn1)CC2. The molecule has 0 saturated carbocycles. The van der Waals surface area contributed by atoms with Gasteiger partial charge in [-0.2, -0.15) is 13.2 Å². The van der Waals surface area contributed by atoms with Crippen molar-refractivity contribution in [1.82, 2.24) is 10.3 Å². The third-order valence-electron chi connectivity index (χ3n) is 4.54. The summed E-state index contributed by atoms with van der Waals surface area (Å²) >= 11 is 0. The largest absolute Gasteiger partial charge is 0.416 e. The maximum Gasteiger partial charge on any atom is 0.416 e. The zero-order valence-corrected chi connectivity index (χ0v) is 14.0. The van der Waals surface area contributed by atoms with Crippen LogP contribution in [-0.2, 0) is 6.18 Å². The molecule has 0 aromatic carbocycles. The molecule has 9 heteroatoms. The smallest absolute Gasteiger partial charge is 0.389 e. The van der Waals surface area contributed by atoms with Crippen LogP contribution in [0.25, 0.3) is 0 Å². The minimum atomic E-state index is -4.36. The number of hydrogen-bond donors (Lipinski definition) is 2. The van der Waals surface area contributed by atoms with Gasteiger partial charge in [0.05, 0.1) is 11.2 Å². The Kier molecular flexibility index (Phi) is 6.55. The standard InChI is InChI=1S/C14H18F3N3O.2ClH/c15-14(16,17)10-1-4-19-12(7-10)20-6-3-13(21)2-5-18-8-11(13)9-20;;/h1,4,7,11,18,21H,2-3,5-6,8-9H2;2*1H/t11-,13-;;/m0../s1. The zero-order valence-electron chi connectivity index (χ0n) is 12.3. The molecule has 0 radical (unpaired) electrons. The zero-order chi connectivity index (χ0) is 15.1. The molecule has 0 spiro atoms. The lowest BCUT2D eigenvalue weighted by Gasteiger charge is -2.47. The predicted octanol–water partition coefficient (Wildman–Crippen LogP) is 2.49. The molecule has 132 valence electrons. The summed E-state index contributed by atoms with van der Waals surface area (Å²) in [6, 6.07) is 2.06. The van der Waals surface area contributed by atoms with Gasteiger partial charge in [-0.15, -0.1) is 24.8 Å². The third-order valence-corrected chi connectivity index (χ3v) is 4.54. The second kappa shape index (κ2) is 7.42. The number of aromatic nitrogens is 1. The van der Waals surface area contributed by atoms with Crippen molar-refractivity contribution in [2.24, 2.45) is 5.92 Å². The van der Waals surface area contributed by atoms with Crippen molar-refractivity contribution in [2.75, 3.05) is 31.1 Å². The number of alkyl halides is 3. The summed E-state index contributed by atoms with van der Waals surface area (Å²) in [5.74, 6) is 0.355. The van der Waals surface area contributed by atoms with Gasteiger partial charge in [0.1, 0.15) is 5.82 Å². The molecule has 2 N–H and O–H groups in total. The topological polar surface area (TPSA) is 48.4 Å². The predicted molar refractivity (Wildman–Crippen MR) is 86.5 cm³/mol. The van der Waals surface area contributed by atoms with Crippen LogP contribution in [0.4, 0.5) is 19.0 Å². The first-order valence-corrected chi connectivity index (χ1v) is 7.10. The van der Waals surface area contributed by atoms with Crippen molar-refractivity contribution in [3.05, 3.63) is 23.9 Å². The van der Waals surface area contributed by atoms with Crippen LogP contribution >= 0.6 is 24.8 Å². The Morgan fingerprint density at radius 1 is 1.30 bits per heavy atom. The minimum absolute atomic E-state index is 0. The van der Waals surface area contributed by atoms with Gasteiger partial charge in [-0.25, -0.2) is 4.98 Å². The molecule has 2 aliphatic rings. The molecule has 1 aromatic rings. The molecule has 2 saturated heterocycles. The molecule has 2 atom stereocenters. The fourth-order valence-corrected chi connectivity index (χ4v) is 3.20. The van der Waals surface area contributed by atoms with E-state index in [-0.39, 0.29) is 30.7 Å². The van der Waals surface area contributed by atoms with Crippen LogP contribution in [-0.4, -0.2) is 41.9 Å². The first-order chi connectivity index (χ1) is 9.88. The van der Waals surface area contributed by atoms with Crippen molar-refractivity contribution in [1.29, 1.82) is 0 Å². The van der Waals surface area contributed by atoms with E-state index in [1.165, 1.54) is 6.20 Å². The third kappa shape index (κ3) is 4.21. The Balaban J connectivity index is 0.00000132. The number of nitrogens with zero attached hydrogens (tertiary/aromatic N) is 2. The van der Waals surface area contributed by atoms with Crippen LogP contribution in [0.5, 0.6) is 0 Å². The highest BCUT2D eigenvalue weighted by Crippen LogP contribution is 2.36. The average molecular weight is 374 g/mol. The van der Waals surface area contributed by atoms with Crippen LogP contribution in [0.1, 0.15) is 18.4 Å². The van der Waals surface area contributed by atoms with E-state index in [9.17, 15) is 18.3 Å². The molecule has 23 heavy (non-hydrogen) atoms. The van der Waals surface area contributed by atoms with Gasteiger partial charge >= 0.3 is 6.18 Å². The Bertz CT molecular complexity index is 532. The number of hydrogen-bond acceptors (Lipinski definition) is 4. The molecule has 1 aromatic heterocycles. The number of anilines is 1. The quantitative estimate of drug-likeness (QED) is 0.793. The van der Waals surface area contributed by atoms with E-state index in [0.29, 0.717) is 38.3 Å². The van der Waals surface area contributed by atoms with Gasteiger partial charge in [-0.05, 0) is 31.5 Å². The lowest BCUT2D eigenvalue weighted by Crippen LogP contribution is -2.59. The fraction of sp³-hybridized carbons (Fsp3) is 0.643. The van der Waals surface area contributed by atoms with Gasteiger partial charge in [0.15, 0.2) is 0 Å². The number of nitrogens with one attached hydrogen (secondary N) is 1. The van der Waals surface area contributed by atoms with E-state index in [1.807, 2.05) is 4.90 Å². The van der Waals surface area contributed by atoms with Gasteiger partial charge < -0.3 is 15.3 Å². The second-order valence-electron chi connectivity index (χ2n) is 5.85. The van der Waals surface area contributed by atoms with Crippen LogP contribution in [0.15, 0.2) is 18.3 Å². The van der Waals surface area contributed by atoms with Crippen LogP contribution < -0.4 is 10.2 Å². The second-order valence-corrected chi connectivity index (χ2v) is 5.85. The molecule has 0 amide bonds. The lowest BCUT2D eigenvalue weighted by atomic mass is 9.76. The summed E-state index contributed by atoms with van der Waals surface area (Å²) in [7, 11) is 0. The van der Waals surface area contributed by atoms with Crippen LogP contribution in [0.3, 0.4) is 0 Å². The molecule has 2 aliphatic heterocycles. The van der Waals surface area contributed by atoms with E-state index in [4.69, 9.17) is 0 Å². The number of pyridine rings is 1. The molecule has 0 unspecified atom stereocenters. The molecular formula is C14H20Cl2F3N3O. The summed E-state index contributed by atoms with van der Waals surface area (Å²) in [4.78, 5) is 5.90. The van der Waals surface area contributed by atoms with Crippen LogP contribution in [0, 0.1) is 5.92 Å². The van der Waals surface area contributed by atoms with Crippen molar-refractivity contribution in [2.45, 2.75) is 24.6 Å². The van der Waals surface area contributed by atoms with Crippen molar-refractivity contribution in [3.63, 3.8) is 0 Å². The lowest BCUT2D eigenvalue weighted by molar-refractivity contribution is -0.137. The Morgan fingerprint density at radius 3 is 2.74 bits per heavy atom. The molecule has 3 rings (SSSR count). The van der Waals surface area contributed by atoms with Gasteiger partial charge in [0.2, 0.25) is 0 Å². The number of aliphatic hydroxyl groups is 1. The minimum Gasteiger partial charge on any atom is -0.389 e. The summed E-state index contributed by atoms with van der Waals surface area (Å²) in [5, 5.41) is 13.8. The summed E-state index contributed by atoms with van der Waals surface area (Å²) < 4.78 is 38.3. The summed E-state index contributed by atoms with van der Waals surface area (Å²) in [6.07, 6.45) is -1.91. The number of piperidine rings is 2. The Hall–Kier alpha value is -0.760. The number of fused-ring (bicyclic) bond motifs is 1. The summed E-state index contributed by atoms with van der Waals surface area (Å²) in [6.45, 7) is 2.53. The van der Waals surface area contributed by atoms with Crippen molar-refractivity contribution < 1.29 is 18.3 Å². The molecule has 0 aliphatic carbocycles. The van der Waals surface area contributed by atoms with Gasteiger partial charge in [-0.1, -0.05) is 0 Å². The fourth-order valence-electron chi connectivity index (χ4n) is 3.20. The highest BCUT2D eigenvalue weighted by molar-refractivity contribution is 5.85. The van der Waals surface area contributed by atoms with E-state index in [2.05, 4.69) is 10.3 Å². The molecule has 2 fully saturated rings. The maximum absolute atomic E-state index is 12.8.